The first-order valence-corrected chi connectivity index (χ1v) is 13.0. The fraction of sp³-hybridized carbons (Fsp3) is 0.321. The van der Waals surface area contributed by atoms with Crippen molar-refractivity contribution in [2.75, 3.05) is 0 Å². The van der Waals surface area contributed by atoms with Gasteiger partial charge in [0.05, 0.1) is 17.1 Å². The second kappa shape index (κ2) is 9.66. The van der Waals surface area contributed by atoms with Crippen molar-refractivity contribution in [1.82, 2.24) is 14.0 Å². The Hall–Kier alpha value is -3.45. The SMILES string of the molecule is Cc1ccc(-c2csc(=Nc3c(C)n(C)n(-c4ccccc4)c3=O)n2N=C2CCC(C)CC2)cc1. The van der Waals surface area contributed by atoms with Crippen LogP contribution in [0.5, 0.6) is 0 Å². The van der Waals surface area contributed by atoms with E-state index in [0.29, 0.717) is 10.5 Å². The van der Waals surface area contributed by atoms with Gasteiger partial charge in [0, 0.05) is 23.7 Å². The van der Waals surface area contributed by atoms with Crippen molar-refractivity contribution in [2.24, 2.45) is 23.1 Å². The number of aromatic nitrogens is 3. The predicted octanol–water partition coefficient (Wildman–Crippen LogP) is 5.97. The van der Waals surface area contributed by atoms with E-state index in [9.17, 15) is 4.79 Å². The van der Waals surface area contributed by atoms with Crippen molar-refractivity contribution < 1.29 is 0 Å². The summed E-state index contributed by atoms with van der Waals surface area (Å²) in [6.45, 7) is 6.33. The lowest BCUT2D eigenvalue weighted by atomic mass is 9.90. The summed E-state index contributed by atoms with van der Waals surface area (Å²) in [7, 11) is 1.90. The number of para-hydroxylation sites is 1. The van der Waals surface area contributed by atoms with E-state index in [0.717, 1.165) is 54.2 Å². The molecular weight excluding hydrogens is 454 g/mol. The molecule has 0 atom stereocenters. The van der Waals surface area contributed by atoms with E-state index in [4.69, 9.17) is 10.1 Å². The number of hydrogen-bond acceptors (Lipinski definition) is 4. The Labute approximate surface area is 209 Å². The van der Waals surface area contributed by atoms with E-state index in [1.54, 1.807) is 4.68 Å². The van der Waals surface area contributed by atoms with E-state index in [-0.39, 0.29) is 5.56 Å². The van der Waals surface area contributed by atoms with Crippen molar-refractivity contribution in [3.8, 4) is 16.9 Å². The molecule has 0 spiro atoms. The highest BCUT2D eigenvalue weighted by molar-refractivity contribution is 7.07. The van der Waals surface area contributed by atoms with Crippen LogP contribution in [0.25, 0.3) is 16.9 Å². The zero-order chi connectivity index (χ0) is 24.5. The molecule has 1 fully saturated rings. The van der Waals surface area contributed by atoms with Gasteiger partial charge < -0.3 is 0 Å². The van der Waals surface area contributed by atoms with Crippen LogP contribution in [0, 0.1) is 19.8 Å². The van der Waals surface area contributed by atoms with Gasteiger partial charge in [-0.15, -0.1) is 11.3 Å². The molecular formula is C28H31N5OS. The minimum atomic E-state index is -0.132. The van der Waals surface area contributed by atoms with Crippen LogP contribution >= 0.6 is 11.3 Å². The van der Waals surface area contributed by atoms with Crippen LogP contribution in [-0.4, -0.2) is 19.8 Å². The van der Waals surface area contributed by atoms with Crippen LogP contribution in [0.2, 0.25) is 0 Å². The quantitative estimate of drug-likeness (QED) is 0.351. The summed E-state index contributed by atoms with van der Waals surface area (Å²) >= 11 is 1.52. The van der Waals surface area contributed by atoms with Gasteiger partial charge in [-0.05, 0) is 57.6 Å². The summed E-state index contributed by atoms with van der Waals surface area (Å²) in [5, 5.41) is 7.18. The summed E-state index contributed by atoms with van der Waals surface area (Å²) in [5.74, 6) is 0.741. The molecule has 1 aliphatic rings. The lowest BCUT2D eigenvalue weighted by Gasteiger charge is -2.19. The topological polar surface area (TPSA) is 56.6 Å². The highest BCUT2D eigenvalue weighted by atomic mass is 32.1. The first-order chi connectivity index (χ1) is 16.9. The maximum atomic E-state index is 13.5. The molecule has 1 saturated carbocycles. The normalized spacial score (nSPS) is 16.6. The van der Waals surface area contributed by atoms with E-state index in [1.807, 2.05) is 53.7 Å². The minimum absolute atomic E-state index is 0.132. The third kappa shape index (κ3) is 4.60. The number of rotatable bonds is 4. The molecule has 2 heterocycles. The number of hydrogen-bond donors (Lipinski definition) is 0. The van der Waals surface area contributed by atoms with E-state index in [2.05, 4.69) is 43.5 Å². The van der Waals surface area contributed by atoms with Crippen LogP contribution in [0.4, 0.5) is 5.69 Å². The van der Waals surface area contributed by atoms with Crippen LogP contribution in [0.1, 0.15) is 43.9 Å². The lowest BCUT2D eigenvalue weighted by Crippen LogP contribution is -2.20. The molecule has 6 nitrogen and oxygen atoms in total. The zero-order valence-electron chi connectivity index (χ0n) is 20.7. The van der Waals surface area contributed by atoms with Gasteiger partial charge in [-0.2, -0.15) is 5.10 Å². The molecule has 0 N–H and O–H groups in total. The molecule has 0 bridgehead atoms. The fourth-order valence-electron chi connectivity index (χ4n) is 4.51. The highest BCUT2D eigenvalue weighted by Crippen LogP contribution is 2.25. The summed E-state index contributed by atoms with van der Waals surface area (Å²) in [5.41, 5.74) is 6.45. The third-order valence-corrected chi connectivity index (χ3v) is 7.67. The molecule has 0 aliphatic heterocycles. The standard InChI is InChI=1S/C28H31N5OS/c1-19-10-14-22(15-11-19)25-18-35-28(32(25)30-23-16-12-20(2)13-17-23)29-26-21(3)31(4)33(27(26)34)24-8-6-5-7-9-24/h5-11,14-15,18,20H,12-13,16-17H2,1-4H3. The largest absolute Gasteiger partial charge is 0.297 e. The average Bonchev–Trinajstić information content (AvgIpc) is 3.35. The highest BCUT2D eigenvalue weighted by Gasteiger charge is 2.18. The summed E-state index contributed by atoms with van der Waals surface area (Å²) in [6.07, 6.45) is 4.33. The molecule has 1 aliphatic carbocycles. The Morgan fingerprint density at radius 1 is 0.971 bits per heavy atom. The van der Waals surface area contributed by atoms with Gasteiger partial charge in [0.15, 0.2) is 5.69 Å². The Morgan fingerprint density at radius 3 is 2.34 bits per heavy atom. The van der Waals surface area contributed by atoms with Gasteiger partial charge in [0.25, 0.3) is 5.56 Å². The second-order valence-corrected chi connectivity index (χ2v) is 10.3. The van der Waals surface area contributed by atoms with Gasteiger partial charge in [0.2, 0.25) is 4.80 Å². The maximum absolute atomic E-state index is 13.5. The molecule has 0 radical (unpaired) electrons. The van der Waals surface area contributed by atoms with Gasteiger partial charge in [0.1, 0.15) is 0 Å². The van der Waals surface area contributed by atoms with Crippen molar-refractivity contribution in [3.05, 3.63) is 86.4 Å². The molecule has 35 heavy (non-hydrogen) atoms. The molecule has 180 valence electrons. The molecule has 4 aromatic rings. The molecule has 0 saturated heterocycles. The van der Waals surface area contributed by atoms with Crippen molar-refractivity contribution >= 4 is 22.7 Å². The first kappa shape index (κ1) is 23.3. The van der Waals surface area contributed by atoms with Crippen LogP contribution < -0.4 is 10.4 Å². The zero-order valence-corrected chi connectivity index (χ0v) is 21.5. The van der Waals surface area contributed by atoms with Gasteiger partial charge in [-0.1, -0.05) is 55.0 Å². The molecule has 2 aromatic heterocycles. The fourth-order valence-corrected chi connectivity index (χ4v) is 5.35. The lowest BCUT2D eigenvalue weighted by molar-refractivity contribution is 0.481. The monoisotopic (exact) mass is 485 g/mol. The van der Waals surface area contributed by atoms with E-state index in [1.165, 1.54) is 22.6 Å². The van der Waals surface area contributed by atoms with E-state index >= 15 is 0 Å². The van der Waals surface area contributed by atoms with Crippen molar-refractivity contribution in [3.63, 3.8) is 0 Å². The Morgan fingerprint density at radius 2 is 1.66 bits per heavy atom. The first-order valence-electron chi connectivity index (χ1n) is 12.2. The van der Waals surface area contributed by atoms with Gasteiger partial charge >= 0.3 is 0 Å². The Balaban J connectivity index is 1.68. The Bertz CT molecular complexity index is 1490. The average molecular weight is 486 g/mol. The third-order valence-electron chi connectivity index (χ3n) is 6.86. The summed E-state index contributed by atoms with van der Waals surface area (Å²) < 4.78 is 5.48. The summed E-state index contributed by atoms with van der Waals surface area (Å²) in [4.78, 5) is 19.1. The molecule has 0 unspecified atom stereocenters. The van der Waals surface area contributed by atoms with Crippen LogP contribution in [0.3, 0.4) is 0 Å². The maximum Gasteiger partial charge on any atom is 0.297 e. The second-order valence-electron chi connectivity index (χ2n) is 9.45. The molecule has 0 amide bonds. The molecule has 5 rings (SSSR count). The molecule has 2 aromatic carbocycles. The Kier molecular flexibility index (Phi) is 6.43. The molecule has 7 heteroatoms. The number of aryl methyl sites for hydroxylation is 1. The number of nitrogens with zero attached hydrogens (tertiary/aromatic N) is 5. The van der Waals surface area contributed by atoms with Crippen molar-refractivity contribution in [2.45, 2.75) is 46.5 Å². The number of thiazole rings is 1. The summed E-state index contributed by atoms with van der Waals surface area (Å²) in [6, 6.07) is 18.2. The predicted molar refractivity (Wildman–Crippen MR) is 144 cm³/mol. The van der Waals surface area contributed by atoms with Gasteiger partial charge in [-0.25, -0.2) is 14.4 Å². The van der Waals surface area contributed by atoms with Crippen LogP contribution in [0.15, 0.2) is 74.9 Å². The minimum Gasteiger partial charge on any atom is -0.283 e. The van der Waals surface area contributed by atoms with Crippen molar-refractivity contribution in [1.29, 1.82) is 0 Å². The van der Waals surface area contributed by atoms with Crippen LogP contribution in [-0.2, 0) is 7.05 Å². The van der Waals surface area contributed by atoms with Gasteiger partial charge in [-0.3, -0.25) is 9.48 Å². The number of benzene rings is 2. The van der Waals surface area contributed by atoms with E-state index < -0.39 is 0 Å². The smallest absolute Gasteiger partial charge is 0.283 e.